The summed E-state index contributed by atoms with van der Waals surface area (Å²) in [6.45, 7) is 11.9. The van der Waals surface area contributed by atoms with Crippen molar-refractivity contribution in [3.63, 3.8) is 0 Å². The van der Waals surface area contributed by atoms with Crippen molar-refractivity contribution in [1.29, 1.82) is 0 Å². The van der Waals surface area contributed by atoms with Gasteiger partial charge in [0.05, 0.1) is 6.54 Å². The monoisotopic (exact) mass is 496 g/mol. The van der Waals surface area contributed by atoms with E-state index < -0.39 is 5.60 Å². The number of hydrogen-bond donors (Lipinski definition) is 2. The molecule has 1 aromatic rings. The van der Waals surface area contributed by atoms with Crippen LogP contribution in [0, 0.1) is 0 Å². The number of hydrogen-bond acceptors (Lipinski definition) is 4. The molecule has 0 aromatic carbocycles. The van der Waals surface area contributed by atoms with Crippen molar-refractivity contribution in [2.24, 2.45) is 4.99 Å². The fourth-order valence-corrected chi connectivity index (χ4v) is 2.64. The normalized spacial score (nSPS) is 12.8. The quantitative estimate of drug-likeness (QED) is 0.340. The lowest BCUT2D eigenvalue weighted by molar-refractivity contribution is 0.0230. The number of nitrogens with zero attached hydrogens (tertiary/aromatic N) is 2. The van der Waals surface area contributed by atoms with Gasteiger partial charge in [-0.1, -0.05) is 6.07 Å². The Morgan fingerprint density at radius 1 is 1.38 bits per heavy atom. The fourth-order valence-electron chi connectivity index (χ4n) is 2.01. The molecule has 0 saturated heterocycles. The second-order valence-corrected chi connectivity index (χ2v) is 7.96. The van der Waals surface area contributed by atoms with Gasteiger partial charge in [-0.05, 0) is 52.5 Å². The summed E-state index contributed by atoms with van der Waals surface area (Å²) < 4.78 is 5.40. The van der Waals surface area contributed by atoms with Crippen LogP contribution >= 0.6 is 35.3 Å². The molecule has 1 atom stereocenters. The maximum atomic E-state index is 12.1. The third-order valence-electron chi connectivity index (χ3n) is 3.51. The molecule has 0 aliphatic heterocycles. The molecule has 0 aliphatic carbocycles. The first-order chi connectivity index (χ1) is 11.7. The van der Waals surface area contributed by atoms with Gasteiger partial charge in [-0.15, -0.1) is 35.3 Å². The van der Waals surface area contributed by atoms with Crippen molar-refractivity contribution in [3.8, 4) is 0 Å². The van der Waals surface area contributed by atoms with E-state index in [1.165, 1.54) is 4.88 Å². The van der Waals surface area contributed by atoms with Crippen LogP contribution in [0.3, 0.4) is 0 Å². The highest BCUT2D eigenvalue weighted by Gasteiger charge is 2.22. The fraction of sp³-hybridized carbons (Fsp3) is 0.667. The van der Waals surface area contributed by atoms with Gasteiger partial charge in [-0.3, -0.25) is 0 Å². The first kappa shape index (κ1) is 25.0. The highest BCUT2D eigenvalue weighted by molar-refractivity contribution is 14.0. The van der Waals surface area contributed by atoms with Crippen LogP contribution in [0.2, 0.25) is 0 Å². The van der Waals surface area contributed by atoms with Gasteiger partial charge >= 0.3 is 6.09 Å². The number of halogens is 1. The van der Waals surface area contributed by atoms with Gasteiger partial charge in [0, 0.05) is 31.1 Å². The molecule has 6 nitrogen and oxygen atoms in total. The number of thiophene rings is 1. The van der Waals surface area contributed by atoms with E-state index in [0.29, 0.717) is 6.54 Å². The summed E-state index contributed by atoms with van der Waals surface area (Å²) in [7, 11) is 1.77. The van der Waals surface area contributed by atoms with E-state index in [-0.39, 0.29) is 36.1 Å². The van der Waals surface area contributed by atoms with E-state index >= 15 is 0 Å². The summed E-state index contributed by atoms with van der Waals surface area (Å²) in [5.41, 5.74) is -0.476. The molecule has 0 fully saturated rings. The Bertz CT molecular complexity index is 544. The zero-order chi connectivity index (χ0) is 18.9. The number of guanidine groups is 1. The molecule has 0 radical (unpaired) electrons. The molecule has 1 aromatic heterocycles. The molecule has 0 saturated carbocycles. The molecule has 8 heteroatoms. The second kappa shape index (κ2) is 12.4. The number of amides is 1. The molecule has 0 aliphatic rings. The number of ether oxygens (including phenoxy) is 1. The lowest BCUT2D eigenvalue weighted by Crippen LogP contribution is -2.42. The minimum atomic E-state index is -0.476. The van der Waals surface area contributed by atoms with Crippen molar-refractivity contribution >= 4 is 47.4 Å². The maximum absolute atomic E-state index is 12.1. The first-order valence-electron chi connectivity index (χ1n) is 8.73. The first-order valence-corrected chi connectivity index (χ1v) is 9.61. The average Bonchev–Trinajstić information content (AvgIpc) is 3.03. The Morgan fingerprint density at radius 2 is 2.08 bits per heavy atom. The minimum absolute atomic E-state index is 0. The predicted molar refractivity (Wildman–Crippen MR) is 121 cm³/mol. The molecule has 1 unspecified atom stereocenters. The van der Waals surface area contributed by atoms with Crippen LogP contribution in [0.15, 0.2) is 22.5 Å². The van der Waals surface area contributed by atoms with Gasteiger partial charge in [0.1, 0.15) is 5.60 Å². The largest absolute Gasteiger partial charge is 0.444 e. The van der Waals surface area contributed by atoms with Crippen LogP contribution in [0.4, 0.5) is 4.79 Å². The predicted octanol–water partition coefficient (Wildman–Crippen LogP) is 4.07. The van der Waals surface area contributed by atoms with Crippen LogP contribution in [-0.2, 0) is 11.3 Å². The summed E-state index contributed by atoms with van der Waals surface area (Å²) in [5.74, 6) is 0.794. The summed E-state index contributed by atoms with van der Waals surface area (Å²) in [6, 6.07) is 4.18. The Kier molecular flexibility index (Phi) is 11.9. The highest BCUT2D eigenvalue weighted by atomic mass is 127. The molecule has 0 spiro atoms. The molecule has 26 heavy (non-hydrogen) atoms. The van der Waals surface area contributed by atoms with Gasteiger partial charge in [0.15, 0.2) is 5.96 Å². The number of carbonyl (C=O) groups excluding carboxylic acids is 1. The van der Waals surface area contributed by atoms with Crippen molar-refractivity contribution in [1.82, 2.24) is 15.5 Å². The standard InChI is InChI=1S/C18H32N4O2S.HI/c1-7-19-16(21-13-15-9-8-12-25-15)20-11-10-14(2)22(6)17(23)24-18(3,4)5;/h8-9,12,14H,7,10-11,13H2,1-6H3,(H2,19,20,21);1H. The number of aliphatic imine (C=N–C) groups is 1. The molecule has 0 bridgehead atoms. The molecular formula is C18H33IN4O2S. The van der Waals surface area contributed by atoms with E-state index in [1.807, 2.05) is 40.7 Å². The van der Waals surface area contributed by atoms with E-state index in [4.69, 9.17) is 4.74 Å². The average molecular weight is 496 g/mol. The van der Waals surface area contributed by atoms with Crippen LogP contribution in [0.25, 0.3) is 0 Å². The summed E-state index contributed by atoms with van der Waals surface area (Å²) in [4.78, 5) is 19.5. The van der Waals surface area contributed by atoms with Crippen LogP contribution < -0.4 is 10.6 Å². The second-order valence-electron chi connectivity index (χ2n) is 6.93. The number of carbonyl (C=O) groups is 1. The Balaban J connectivity index is 0.00000625. The Morgan fingerprint density at radius 3 is 2.62 bits per heavy atom. The van der Waals surface area contributed by atoms with E-state index in [0.717, 1.165) is 25.5 Å². The number of nitrogens with one attached hydrogen (secondary N) is 2. The summed E-state index contributed by atoms with van der Waals surface area (Å²) in [6.07, 6.45) is 0.511. The van der Waals surface area contributed by atoms with Crippen LogP contribution in [0.1, 0.15) is 45.9 Å². The van der Waals surface area contributed by atoms with Gasteiger partial charge in [0.2, 0.25) is 0 Å². The van der Waals surface area contributed by atoms with Gasteiger partial charge < -0.3 is 20.3 Å². The van der Waals surface area contributed by atoms with Crippen LogP contribution in [-0.4, -0.2) is 48.7 Å². The van der Waals surface area contributed by atoms with Crippen molar-refractivity contribution in [3.05, 3.63) is 22.4 Å². The molecular weight excluding hydrogens is 463 g/mol. The smallest absolute Gasteiger partial charge is 0.410 e. The highest BCUT2D eigenvalue weighted by Crippen LogP contribution is 2.12. The molecule has 1 rings (SSSR count). The van der Waals surface area contributed by atoms with E-state index in [1.54, 1.807) is 23.3 Å². The maximum Gasteiger partial charge on any atom is 0.410 e. The van der Waals surface area contributed by atoms with Gasteiger partial charge in [-0.25, -0.2) is 9.79 Å². The van der Waals surface area contributed by atoms with Crippen molar-refractivity contribution < 1.29 is 9.53 Å². The van der Waals surface area contributed by atoms with Crippen LogP contribution in [0.5, 0.6) is 0 Å². The van der Waals surface area contributed by atoms with E-state index in [9.17, 15) is 4.79 Å². The Labute approximate surface area is 178 Å². The van der Waals surface area contributed by atoms with E-state index in [2.05, 4.69) is 27.1 Å². The van der Waals surface area contributed by atoms with Crippen molar-refractivity contribution in [2.75, 3.05) is 20.1 Å². The molecule has 1 heterocycles. The molecule has 150 valence electrons. The molecule has 1 amide bonds. The lowest BCUT2D eigenvalue weighted by Gasteiger charge is -2.28. The zero-order valence-electron chi connectivity index (χ0n) is 16.7. The zero-order valence-corrected chi connectivity index (χ0v) is 19.8. The van der Waals surface area contributed by atoms with Crippen molar-refractivity contribution in [2.45, 2.75) is 59.2 Å². The van der Waals surface area contributed by atoms with Gasteiger partial charge in [-0.2, -0.15) is 0 Å². The summed E-state index contributed by atoms with van der Waals surface area (Å²) >= 11 is 1.70. The lowest BCUT2D eigenvalue weighted by atomic mass is 10.2. The summed E-state index contributed by atoms with van der Waals surface area (Å²) in [5, 5.41) is 8.62. The van der Waals surface area contributed by atoms with Gasteiger partial charge in [0.25, 0.3) is 0 Å². The third-order valence-corrected chi connectivity index (χ3v) is 4.38. The number of rotatable bonds is 7. The SMILES string of the molecule is CCNC(=NCc1cccs1)NCCC(C)N(C)C(=O)OC(C)(C)C.I. The Hall–Kier alpha value is -1.03. The topological polar surface area (TPSA) is 66.0 Å². The minimum Gasteiger partial charge on any atom is -0.444 e. The molecule has 2 N–H and O–H groups in total. The third kappa shape index (κ3) is 10.2.